The Bertz CT molecular complexity index is 1270. The first kappa shape index (κ1) is 17.0. The molecule has 0 aliphatic heterocycles. The van der Waals surface area contributed by atoms with E-state index in [4.69, 9.17) is 14.6 Å². The van der Waals surface area contributed by atoms with Crippen LogP contribution in [0.3, 0.4) is 0 Å². The van der Waals surface area contributed by atoms with E-state index in [2.05, 4.69) is 20.3 Å². The molecule has 0 aliphatic carbocycles. The van der Waals surface area contributed by atoms with Crippen LogP contribution in [0.15, 0.2) is 76.0 Å². The fourth-order valence-corrected chi connectivity index (χ4v) is 3.17. The number of nitrogen functional groups attached to an aromatic ring is 1. The highest BCUT2D eigenvalue weighted by Gasteiger charge is 2.16. The fraction of sp³-hybridized carbons (Fsp3) is 0.0455. The fourth-order valence-electron chi connectivity index (χ4n) is 3.17. The Morgan fingerprint density at radius 1 is 1.00 bits per heavy atom. The number of nitrogens with two attached hydrogens (primary N) is 1. The molecular weight excluding hydrogens is 366 g/mol. The van der Waals surface area contributed by atoms with Crippen molar-refractivity contribution < 1.29 is 8.83 Å². The van der Waals surface area contributed by atoms with Crippen molar-refractivity contribution in [3.63, 3.8) is 0 Å². The standard InChI is InChI=1S/C22H17N5O2/c1-13-16(21-26-17-6-2-3-7-19(17)28-21)9-15(23)10-18(13)27-22-25-12-20(29-22)14-5-4-8-24-11-14/h2-12H,23H2,1H3,(H,25,27). The zero-order valence-corrected chi connectivity index (χ0v) is 15.6. The highest BCUT2D eigenvalue weighted by atomic mass is 16.4. The molecule has 7 heteroatoms. The number of hydrogen-bond donors (Lipinski definition) is 2. The van der Waals surface area contributed by atoms with Crippen LogP contribution in [-0.4, -0.2) is 15.0 Å². The Morgan fingerprint density at radius 2 is 1.90 bits per heavy atom. The van der Waals surface area contributed by atoms with Crippen LogP contribution in [0.25, 0.3) is 33.9 Å². The number of nitrogens with zero attached hydrogens (tertiary/aromatic N) is 3. The number of rotatable bonds is 4. The van der Waals surface area contributed by atoms with Gasteiger partial charge in [0.2, 0.25) is 5.89 Å². The lowest BCUT2D eigenvalue weighted by Crippen LogP contribution is -1.98. The summed E-state index contributed by atoms with van der Waals surface area (Å²) >= 11 is 0. The molecule has 5 rings (SSSR count). The van der Waals surface area contributed by atoms with E-state index in [1.807, 2.05) is 55.5 Å². The van der Waals surface area contributed by atoms with E-state index in [0.29, 0.717) is 23.4 Å². The maximum absolute atomic E-state index is 6.14. The first-order chi connectivity index (χ1) is 14.2. The maximum Gasteiger partial charge on any atom is 0.299 e. The predicted molar refractivity (Wildman–Crippen MR) is 112 cm³/mol. The second-order valence-corrected chi connectivity index (χ2v) is 6.62. The Balaban J connectivity index is 1.51. The van der Waals surface area contributed by atoms with Crippen molar-refractivity contribution >= 4 is 28.5 Å². The van der Waals surface area contributed by atoms with Crippen LogP contribution in [-0.2, 0) is 0 Å². The molecule has 142 valence electrons. The number of oxazole rings is 2. The molecule has 3 heterocycles. The van der Waals surface area contributed by atoms with Gasteiger partial charge >= 0.3 is 0 Å². The predicted octanol–water partition coefficient (Wildman–Crippen LogP) is 5.18. The smallest absolute Gasteiger partial charge is 0.299 e. The molecule has 2 aromatic carbocycles. The third-order valence-corrected chi connectivity index (χ3v) is 4.65. The number of para-hydroxylation sites is 2. The van der Waals surface area contributed by atoms with E-state index in [-0.39, 0.29) is 0 Å². The minimum absolute atomic E-state index is 0.362. The summed E-state index contributed by atoms with van der Waals surface area (Å²) in [5.41, 5.74) is 11.6. The van der Waals surface area contributed by atoms with Crippen LogP contribution in [0.1, 0.15) is 5.56 Å². The van der Waals surface area contributed by atoms with Gasteiger partial charge in [0.1, 0.15) is 5.52 Å². The van der Waals surface area contributed by atoms with Gasteiger partial charge in [0, 0.05) is 34.9 Å². The molecule has 0 atom stereocenters. The number of anilines is 3. The molecule has 0 spiro atoms. The molecule has 0 saturated carbocycles. The molecule has 0 amide bonds. The van der Waals surface area contributed by atoms with Crippen LogP contribution in [0, 0.1) is 6.92 Å². The lowest BCUT2D eigenvalue weighted by molar-refractivity contribution is 0.591. The number of nitrogens with one attached hydrogen (secondary N) is 1. The van der Waals surface area contributed by atoms with Gasteiger partial charge in [-0.25, -0.2) is 9.97 Å². The van der Waals surface area contributed by atoms with Crippen molar-refractivity contribution in [1.29, 1.82) is 0 Å². The summed E-state index contributed by atoms with van der Waals surface area (Å²) in [6, 6.07) is 15.4. The summed E-state index contributed by atoms with van der Waals surface area (Å²) in [7, 11) is 0. The number of aromatic nitrogens is 3. The van der Waals surface area contributed by atoms with E-state index in [9.17, 15) is 0 Å². The Labute approximate surface area is 166 Å². The first-order valence-electron chi connectivity index (χ1n) is 9.07. The average molecular weight is 383 g/mol. The van der Waals surface area contributed by atoms with E-state index in [0.717, 1.165) is 33.5 Å². The minimum atomic E-state index is 0.362. The largest absolute Gasteiger partial charge is 0.436 e. The summed E-state index contributed by atoms with van der Waals surface area (Å²) in [6.07, 6.45) is 5.09. The van der Waals surface area contributed by atoms with Crippen LogP contribution in [0.4, 0.5) is 17.4 Å². The topological polar surface area (TPSA) is 103 Å². The first-order valence-corrected chi connectivity index (χ1v) is 9.07. The summed E-state index contributed by atoms with van der Waals surface area (Å²) in [4.78, 5) is 13.0. The number of fused-ring (bicyclic) bond motifs is 1. The third kappa shape index (κ3) is 3.19. The van der Waals surface area contributed by atoms with Gasteiger partial charge in [-0.1, -0.05) is 12.1 Å². The van der Waals surface area contributed by atoms with Crippen LogP contribution in [0.2, 0.25) is 0 Å². The molecule has 0 radical (unpaired) electrons. The van der Waals surface area contributed by atoms with E-state index >= 15 is 0 Å². The van der Waals surface area contributed by atoms with Crippen LogP contribution >= 0.6 is 0 Å². The summed E-state index contributed by atoms with van der Waals surface area (Å²) in [6.45, 7) is 1.97. The third-order valence-electron chi connectivity index (χ3n) is 4.65. The molecule has 0 fully saturated rings. The van der Waals surface area contributed by atoms with Crippen molar-refractivity contribution in [3.8, 4) is 22.8 Å². The van der Waals surface area contributed by atoms with Crippen molar-refractivity contribution in [2.24, 2.45) is 0 Å². The van der Waals surface area contributed by atoms with E-state index < -0.39 is 0 Å². The maximum atomic E-state index is 6.14. The van der Waals surface area contributed by atoms with Gasteiger partial charge in [0.15, 0.2) is 11.3 Å². The summed E-state index contributed by atoms with van der Waals surface area (Å²) < 4.78 is 11.7. The zero-order valence-electron chi connectivity index (χ0n) is 15.6. The molecule has 5 aromatic rings. The normalized spacial score (nSPS) is 11.1. The second kappa shape index (κ2) is 6.79. The van der Waals surface area contributed by atoms with Crippen molar-refractivity contribution in [3.05, 3.63) is 72.7 Å². The molecule has 0 bridgehead atoms. The van der Waals surface area contributed by atoms with Gasteiger partial charge in [-0.05, 0) is 48.9 Å². The number of hydrogen-bond acceptors (Lipinski definition) is 7. The Kier molecular flexibility index (Phi) is 3.98. The molecule has 3 N–H and O–H groups in total. The van der Waals surface area contributed by atoms with Gasteiger partial charge in [-0.3, -0.25) is 4.98 Å². The molecule has 0 saturated heterocycles. The van der Waals surface area contributed by atoms with E-state index in [1.54, 1.807) is 18.6 Å². The molecule has 3 aromatic heterocycles. The lowest BCUT2D eigenvalue weighted by atomic mass is 10.1. The monoisotopic (exact) mass is 383 g/mol. The summed E-state index contributed by atoms with van der Waals surface area (Å²) in [5, 5.41) is 3.20. The van der Waals surface area contributed by atoms with Crippen LogP contribution in [0.5, 0.6) is 0 Å². The molecule has 29 heavy (non-hydrogen) atoms. The quantitative estimate of drug-likeness (QED) is 0.412. The Morgan fingerprint density at radius 3 is 2.72 bits per heavy atom. The van der Waals surface area contributed by atoms with E-state index in [1.165, 1.54) is 0 Å². The van der Waals surface area contributed by atoms with Gasteiger partial charge in [0.05, 0.1) is 6.20 Å². The Hall–Kier alpha value is -4.13. The summed E-state index contributed by atoms with van der Waals surface area (Å²) in [5.74, 6) is 1.14. The zero-order chi connectivity index (χ0) is 19.8. The minimum Gasteiger partial charge on any atom is -0.436 e. The van der Waals surface area contributed by atoms with Crippen LogP contribution < -0.4 is 11.1 Å². The van der Waals surface area contributed by atoms with Crippen molar-refractivity contribution in [2.45, 2.75) is 6.92 Å². The molecule has 7 nitrogen and oxygen atoms in total. The highest BCUT2D eigenvalue weighted by Crippen LogP contribution is 2.34. The molecule has 0 aliphatic rings. The van der Waals surface area contributed by atoms with Gasteiger partial charge in [-0.15, -0.1) is 0 Å². The molecule has 0 unspecified atom stereocenters. The van der Waals surface area contributed by atoms with Crippen molar-refractivity contribution in [1.82, 2.24) is 15.0 Å². The average Bonchev–Trinajstić information content (AvgIpc) is 3.38. The SMILES string of the molecule is Cc1c(Nc2ncc(-c3cccnc3)o2)cc(N)cc1-c1nc2ccccc2o1. The number of pyridine rings is 1. The van der Waals surface area contributed by atoms with Gasteiger partial charge in [0.25, 0.3) is 6.01 Å². The van der Waals surface area contributed by atoms with Crippen molar-refractivity contribution in [2.75, 3.05) is 11.1 Å². The number of benzene rings is 2. The van der Waals surface area contributed by atoms with Gasteiger partial charge < -0.3 is 19.9 Å². The highest BCUT2D eigenvalue weighted by molar-refractivity contribution is 5.81. The molecular formula is C22H17N5O2. The second-order valence-electron chi connectivity index (χ2n) is 6.62. The van der Waals surface area contributed by atoms with Gasteiger partial charge in [-0.2, -0.15) is 0 Å². The lowest BCUT2D eigenvalue weighted by Gasteiger charge is -2.11.